The summed E-state index contributed by atoms with van der Waals surface area (Å²) in [7, 11) is 1.77. The summed E-state index contributed by atoms with van der Waals surface area (Å²) < 4.78 is 7.31. The van der Waals surface area contributed by atoms with Gasteiger partial charge in [0.15, 0.2) is 0 Å². The van der Waals surface area contributed by atoms with E-state index < -0.39 is 6.04 Å². The number of aromatic nitrogens is 4. The van der Waals surface area contributed by atoms with E-state index in [0.717, 1.165) is 16.9 Å². The highest BCUT2D eigenvalue weighted by Crippen LogP contribution is 2.17. The van der Waals surface area contributed by atoms with Crippen molar-refractivity contribution in [2.45, 2.75) is 19.4 Å². The van der Waals surface area contributed by atoms with Gasteiger partial charge >= 0.3 is 0 Å². The van der Waals surface area contributed by atoms with Crippen molar-refractivity contribution in [3.05, 3.63) is 72.1 Å². The fourth-order valence-corrected chi connectivity index (χ4v) is 2.82. The third kappa shape index (κ3) is 4.91. The maximum atomic E-state index is 13.0. The molecule has 27 heavy (non-hydrogen) atoms. The number of likely N-dealkylation sites (N-methyl/N-ethyl adjacent to an activating group) is 1. The Hall–Kier alpha value is -3.22. The zero-order chi connectivity index (χ0) is 19.1. The highest BCUT2D eigenvalue weighted by atomic mass is 16.5. The van der Waals surface area contributed by atoms with Gasteiger partial charge in [0.25, 0.3) is 0 Å². The first-order valence-corrected chi connectivity index (χ1v) is 8.85. The highest BCUT2D eigenvalue weighted by molar-refractivity contribution is 5.80. The molecule has 2 aromatic carbocycles. The molecular formula is C20H23N5O2. The van der Waals surface area contributed by atoms with Crippen molar-refractivity contribution >= 4 is 5.91 Å². The average molecular weight is 365 g/mol. The van der Waals surface area contributed by atoms with E-state index in [1.807, 2.05) is 61.5 Å². The minimum atomic E-state index is -0.495. The van der Waals surface area contributed by atoms with Crippen molar-refractivity contribution in [2.24, 2.45) is 0 Å². The quantitative estimate of drug-likeness (QED) is 0.612. The van der Waals surface area contributed by atoms with Gasteiger partial charge in [0.2, 0.25) is 5.91 Å². The van der Waals surface area contributed by atoms with Gasteiger partial charge in [-0.1, -0.05) is 48.5 Å². The lowest BCUT2D eigenvalue weighted by Gasteiger charge is -2.23. The van der Waals surface area contributed by atoms with Gasteiger partial charge in [-0.05, 0) is 34.5 Å². The number of aryl methyl sites for hydroxylation is 1. The minimum Gasteiger partial charge on any atom is -0.491 e. The van der Waals surface area contributed by atoms with Crippen LogP contribution in [0.5, 0.6) is 5.75 Å². The van der Waals surface area contributed by atoms with E-state index in [9.17, 15) is 4.79 Å². The molecule has 140 valence electrons. The van der Waals surface area contributed by atoms with Crippen LogP contribution in [0.25, 0.3) is 0 Å². The molecule has 0 N–H and O–H groups in total. The van der Waals surface area contributed by atoms with Crippen LogP contribution in [0.4, 0.5) is 0 Å². The Bertz CT molecular complexity index is 852. The van der Waals surface area contributed by atoms with Gasteiger partial charge in [-0.15, -0.1) is 5.10 Å². The molecule has 0 saturated heterocycles. The minimum absolute atomic E-state index is 0.0560. The molecule has 7 nitrogen and oxygen atoms in total. The summed E-state index contributed by atoms with van der Waals surface area (Å²) in [6.07, 6.45) is 2.00. The van der Waals surface area contributed by atoms with E-state index >= 15 is 0 Å². The van der Waals surface area contributed by atoms with Crippen LogP contribution in [-0.2, 0) is 11.2 Å². The predicted molar refractivity (Wildman–Crippen MR) is 101 cm³/mol. The van der Waals surface area contributed by atoms with Gasteiger partial charge < -0.3 is 9.64 Å². The van der Waals surface area contributed by atoms with E-state index in [2.05, 4.69) is 15.5 Å². The van der Waals surface area contributed by atoms with E-state index in [1.165, 1.54) is 11.0 Å². The summed E-state index contributed by atoms with van der Waals surface area (Å²) in [5.74, 6) is 0.777. The molecule has 0 aliphatic rings. The Labute approximate surface area is 158 Å². The summed E-state index contributed by atoms with van der Waals surface area (Å²) in [6, 6.07) is 17.2. The Kier molecular flexibility index (Phi) is 6.14. The molecule has 0 radical (unpaired) electrons. The molecule has 1 heterocycles. The number of carbonyl (C=O) groups is 1. The van der Waals surface area contributed by atoms with Crippen LogP contribution in [0.15, 0.2) is 60.9 Å². The van der Waals surface area contributed by atoms with Gasteiger partial charge in [0.1, 0.15) is 24.7 Å². The van der Waals surface area contributed by atoms with Gasteiger partial charge in [0.05, 0.1) is 6.54 Å². The van der Waals surface area contributed by atoms with Crippen molar-refractivity contribution in [3.63, 3.8) is 0 Å². The number of nitrogens with zero attached hydrogens (tertiary/aromatic N) is 5. The lowest BCUT2D eigenvalue weighted by Crippen LogP contribution is -2.38. The van der Waals surface area contributed by atoms with Crippen LogP contribution in [0.2, 0.25) is 0 Å². The number of para-hydroxylation sites is 1. The lowest BCUT2D eigenvalue weighted by molar-refractivity contribution is -0.134. The second-order valence-electron chi connectivity index (χ2n) is 6.37. The maximum absolute atomic E-state index is 13.0. The number of ether oxygens (including phenoxy) is 1. The number of tetrazole rings is 1. The van der Waals surface area contributed by atoms with Gasteiger partial charge in [-0.25, -0.2) is 4.68 Å². The molecule has 1 amide bonds. The van der Waals surface area contributed by atoms with E-state index in [-0.39, 0.29) is 5.91 Å². The van der Waals surface area contributed by atoms with Crippen LogP contribution in [0.3, 0.4) is 0 Å². The molecule has 1 atom stereocenters. The summed E-state index contributed by atoms with van der Waals surface area (Å²) in [5.41, 5.74) is 2.12. The molecule has 0 aliphatic carbocycles. The van der Waals surface area contributed by atoms with Crippen molar-refractivity contribution in [1.82, 2.24) is 25.1 Å². The summed E-state index contributed by atoms with van der Waals surface area (Å²) in [4.78, 5) is 14.7. The lowest BCUT2D eigenvalue weighted by atomic mass is 10.1. The maximum Gasteiger partial charge on any atom is 0.247 e. The molecule has 0 spiro atoms. The van der Waals surface area contributed by atoms with Crippen LogP contribution >= 0.6 is 0 Å². The number of rotatable bonds is 8. The van der Waals surface area contributed by atoms with Crippen LogP contribution < -0.4 is 4.74 Å². The summed E-state index contributed by atoms with van der Waals surface area (Å²) in [5, 5.41) is 11.3. The fraction of sp³-hybridized carbons (Fsp3) is 0.300. The van der Waals surface area contributed by atoms with Crippen molar-refractivity contribution < 1.29 is 9.53 Å². The van der Waals surface area contributed by atoms with Crippen LogP contribution in [0.1, 0.15) is 17.2 Å². The molecule has 0 bridgehead atoms. The normalized spacial score (nSPS) is 11.8. The Morgan fingerprint density at radius 3 is 2.59 bits per heavy atom. The third-order valence-corrected chi connectivity index (χ3v) is 4.40. The molecule has 7 heteroatoms. The monoisotopic (exact) mass is 365 g/mol. The van der Waals surface area contributed by atoms with Crippen molar-refractivity contribution in [1.29, 1.82) is 0 Å². The largest absolute Gasteiger partial charge is 0.491 e. The first kappa shape index (κ1) is 18.6. The molecule has 1 aromatic heterocycles. The molecule has 0 saturated carbocycles. The SMILES string of the molecule is Cc1ccccc1OCCN(C)C(=O)[C@H](Cc1ccccc1)n1cnnn1. The Morgan fingerprint density at radius 1 is 1.15 bits per heavy atom. The second-order valence-corrected chi connectivity index (χ2v) is 6.37. The van der Waals surface area contributed by atoms with Gasteiger partial charge in [-0.2, -0.15) is 0 Å². The van der Waals surface area contributed by atoms with Gasteiger partial charge in [-0.3, -0.25) is 4.79 Å². The molecule has 3 aromatic rings. The molecular weight excluding hydrogens is 342 g/mol. The van der Waals surface area contributed by atoms with E-state index in [1.54, 1.807) is 11.9 Å². The number of hydrogen-bond acceptors (Lipinski definition) is 5. The standard InChI is InChI=1S/C20H23N5O2/c1-16-8-6-7-11-19(16)27-13-12-24(2)20(26)18(25-15-21-22-23-25)14-17-9-4-3-5-10-17/h3-11,15,18H,12-14H2,1-2H3/t18-/m0/s1. The number of carbonyl (C=O) groups excluding carboxylic acids is 1. The fourth-order valence-electron chi connectivity index (χ4n) is 2.82. The molecule has 0 fully saturated rings. The number of benzene rings is 2. The first-order valence-electron chi connectivity index (χ1n) is 8.85. The molecule has 3 rings (SSSR count). The average Bonchev–Trinajstić information content (AvgIpc) is 3.22. The zero-order valence-electron chi connectivity index (χ0n) is 15.5. The van der Waals surface area contributed by atoms with Crippen molar-refractivity contribution in [2.75, 3.05) is 20.2 Å². The van der Waals surface area contributed by atoms with E-state index in [4.69, 9.17) is 4.74 Å². The molecule has 0 unspecified atom stereocenters. The van der Waals surface area contributed by atoms with Crippen LogP contribution in [-0.4, -0.2) is 51.2 Å². The number of hydrogen-bond donors (Lipinski definition) is 0. The molecule has 0 aliphatic heterocycles. The number of amides is 1. The van der Waals surface area contributed by atoms with E-state index in [0.29, 0.717) is 19.6 Å². The van der Waals surface area contributed by atoms with Gasteiger partial charge in [0, 0.05) is 13.5 Å². The Balaban J connectivity index is 1.63. The third-order valence-electron chi connectivity index (χ3n) is 4.40. The zero-order valence-corrected chi connectivity index (χ0v) is 15.5. The smallest absolute Gasteiger partial charge is 0.247 e. The highest BCUT2D eigenvalue weighted by Gasteiger charge is 2.25. The van der Waals surface area contributed by atoms with Crippen LogP contribution in [0, 0.1) is 6.92 Å². The second kappa shape index (κ2) is 8.93. The summed E-state index contributed by atoms with van der Waals surface area (Å²) >= 11 is 0. The first-order chi connectivity index (χ1) is 13.1. The summed E-state index contributed by atoms with van der Waals surface area (Å²) in [6.45, 7) is 2.89. The van der Waals surface area contributed by atoms with Crippen molar-refractivity contribution in [3.8, 4) is 5.75 Å². The topological polar surface area (TPSA) is 73.1 Å². The Morgan fingerprint density at radius 2 is 1.89 bits per heavy atom. The predicted octanol–water partition coefficient (Wildman–Crippen LogP) is 2.30.